The van der Waals surface area contributed by atoms with Crippen molar-refractivity contribution in [2.45, 2.75) is 83.5 Å². The SMILES string of the molecule is COc1ccc(C(C)(C)C)cc1CNC1CCC(c2ccccc2)N1C(=O)C1CCC(C#N)CC1. The highest BCUT2D eigenvalue weighted by Crippen LogP contribution is 2.39. The number of hydrogen-bond acceptors (Lipinski definition) is 4. The van der Waals surface area contributed by atoms with Gasteiger partial charge in [0.2, 0.25) is 5.91 Å². The summed E-state index contributed by atoms with van der Waals surface area (Å²) in [7, 11) is 1.71. The molecule has 1 aliphatic carbocycles. The van der Waals surface area contributed by atoms with Crippen LogP contribution in [0.25, 0.3) is 0 Å². The van der Waals surface area contributed by atoms with E-state index in [0.29, 0.717) is 6.54 Å². The van der Waals surface area contributed by atoms with E-state index in [0.717, 1.165) is 49.8 Å². The fourth-order valence-corrected chi connectivity index (χ4v) is 5.61. The molecule has 186 valence electrons. The molecule has 0 radical (unpaired) electrons. The van der Waals surface area contributed by atoms with Gasteiger partial charge in [-0.05, 0) is 61.1 Å². The Morgan fingerprint density at radius 1 is 1.06 bits per heavy atom. The second kappa shape index (κ2) is 10.8. The van der Waals surface area contributed by atoms with Crippen LogP contribution in [-0.4, -0.2) is 24.1 Å². The summed E-state index contributed by atoms with van der Waals surface area (Å²) < 4.78 is 5.66. The maximum Gasteiger partial charge on any atom is 0.227 e. The van der Waals surface area contributed by atoms with Crippen molar-refractivity contribution in [3.8, 4) is 11.8 Å². The molecule has 2 unspecified atom stereocenters. The van der Waals surface area contributed by atoms with E-state index in [2.05, 4.69) is 79.5 Å². The van der Waals surface area contributed by atoms with Crippen LogP contribution in [0.1, 0.15) is 82.0 Å². The van der Waals surface area contributed by atoms with Gasteiger partial charge in [-0.2, -0.15) is 5.26 Å². The number of benzene rings is 2. The van der Waals surface area contributed by atoms with Crippen LogP contribution in [0.4, 0.5) is 0 Å². The van der Waals surface area contributed by atoms with Gasteiger partial charge in [-0.1, -0.05) is 63.2 Å². The van der Waals surface area contributed by atoms with Crippen LogP contribution >= 0.6 is 0 Å². The molecular weight excluding hydrogens is 434 g/mol. The molecule has 35 heavy (non-hydrogen) atoms. The van der Waals surface area contributed by atoms with Gasteiger partial charge in [-0.25, -0.2) is 0 Å². The van der Waals surface area contributed by atoms with E-state index in [9.17, 15) is 10.1 Å². The summed E-state index contributed by atoms with van der Waals surface area (Å²) in [6.45, 7) is 7.29. The second-order valence-corrected chi connectivity index (χ2v) is 11.1. The van der Waals surface area contributed by atoms with E-state index in [-0.39, 0.29) is 35.4 Å². The average molecular weight is 474 g/mol. The van der Waals surface area contributed by atoms with Gasteiger partial charge in [0, 0.05) is 23.9 Å². The molecule has 1 N–H and O–H groups in total. The lowest BCUT2D eigenvalue weighted by Gasteiger charge is -2.36. The van der Waals surface area contributed by atoms with Crippen molar-refractivity contribution in [2.75, 3.05) is 7.11 Å². The molecule has 5 heteroatoms. The normalized spacial score (nSPS) is 24.7. The van der Waals surface area contributed by atoms with Gasteiger partial charge in [-0.15, -0.1) is 0 Å². The summed E-state index contributed by atoms with van der Waals surface area (Å²) in [5.41, 5.74) is 3.64. The maximum atomic E-state index is 13.9. The Morgan fingerprint density at radius 2 is 1.77 bits per heavy atom. The third kappa shape index (κ3) is 5.70. The molecule has 2 atom stereocenters. The molecule has 5 nitrogen and oxygen atoms in total. The van der Waals surface area contributed by atoms with Gasteiger partial charge in [0.15, 0.2) is 0 Å². The summed E-state index contributed by atoms with van der Waals surface area (Å²) in [6.07, 6.45) is 5.11. The first-order valence-corrected chi connectivity index (χ1v) is 13.0. The van der Waals surface area contributed by atoms with Crippen molar-refractivity contribution >= 4 is 5.91 Å². The van der Waals surface area contributed by atoms with Gasteiger partial charge < -0.3 is 9.64 Å². The molecule has 0 spiro atoms. The van der Waals surface area contributed by atoms with Crippen LogP contribution in [0.3, 0.4) is 0 Å². The Hall–Kier alpha value is -2.84. The second-order valence-electron chi connectivity index (χ2n) is 11.1. The van der Waals surface area contributed by atoms with Crippen LogP contribution in [0.15, 0.2) is 48.5 Å². The summed E-state index contributed by atoms with van der Waals surface area (Å²) in [5, 5.41) is 13.0. The lowest BCUT2D eigenvalue weighted by Crippen LogP contribution is -2.48. The first kappa shape index (κ1) is 25.3. The molecule has 2 aliphatic rings. The van der Waals surface area contributed by atoms with E-state index in [4.69, 9.17) is 4.74 Å². The summed E-state index contributed by atoms with van der Waals surface area (Å²) in [6, 6.07) is 19.3. The largest absolute Gasteiger partial charge is 0.496 e. The molecule has 4 rings (SSSR count). The number of carbonyl (C=O) groups is 1. The molecule has 1 amide bonds. The van der Waals surface area contributed by atoms with Crippen molar-refractivity contribution < 1.29 is 9.53 Å². The Labute approximate surface area is 210 Å². The molecular formula is C30H39N3O2. The molecule has 1 saturated carbocycles. The van der Waals surface area contributed by atoms with Gasteiger partial charge in [0.05, 0.1) is 25.4 Å². The highest BCUT2D eigenvalue weighted by Gasteiger charge is 2.41. The molecule has 0 aromatic heterocycles. The fraction of sp³-hybridized carbons (Fsp3) is 0.533. The van der Waals surface area contributed by atoms with E-state index >= 15 is 0 Å². The predicted molar refractivity (Wildman–Crippen MR) is 139 cm³/mol. The van der Waals surface area contributed by atoms with Crippen molar-refractivity contribution in [3.05, 3.63) is 65.2 Å². The van der Waals surface area contributed by atoms with Gasteiger partial charge in [0.1, 0.15) is 5.75 Å². The number of nitrogens with one attached hydrogen (secondary N) is 1. The van der Waals surface area contributed by atoms with E-state index < -0.39 is 0 Å². The van der Waals surface area contributed by atoms with Crippen molar-refractivity contribution in [1.82, 2.24) is 10.2 Å². The fourth-order valence-electron chi connectivity index (χ4n) is 5.61. The smallest absolute Gasteiger partial charge is 0.227 e. The Morgan fingerprint density at radius 3 is 2.40 bits per heavy atom. The topological polar surface area (TPSA) is 65.4 Å². The average Bonchev–Trinajstić information content (AvgIpc) is 3.30. The molecule has 1 aliphatic heterocycles. The highest BCUT2D eigenvalue weighted by molar-refractivity contribution is 5.80. The number of nitriles is 1. The number of nitrogens with zero attached hydrogens (tertiary/aromatic N) is 2. The van der Waals surface area contributed by atoms with Crippen LogP contribution < -0.4 is 10.1 Å². The monoisotopic (exact) mass is 473 g/mol. The minimum Gasteiger partial charge on any atom is -0.496 e. The molecule has 2 aromatic rings. The summed E-state index contributed by atoms with van der Waals surface area (Å²) in [5.74, 6) is 1.21. The zero-order valence-electron chi connectivity index (χ0n) is 21.6. The molecule has 0 bridgehead atoms. The Kier molecular flexibility index (Phi) is 7.82. The highest BCUT2D eigenvalue weighted by atomic mass is 16.5. The van der Waals surface area contributed by atoms with Gasteiger partial charge in [0.25, 0.3) is 0 Å². The number of hydrogen-bond donors (Lipinski definition) is 1. The number of carbonyl (C=O) groups excluding carboxylic acids is 1. The Bertz CT molecular complexity index is 1050. The first-order valence-electron chi connectivity index (χ1n) is 13.0. The molecule has 2 aromatic carbocycles. The Balaban J connectivity index is 1.55. The van der Waals surface area contributed by atoms with Crippen LogP contribution in [0.2, 0.25) is 0 Å². The minimum atomic E-state index is -0.0237. The van der Waals surface area contributed by atoms with E-state index in [1.54, 1.807) is 7.11 Å². The first-order chi connectivity index (χ1) is 16.8. The third-order valence-electron chi connectivity index (χ3n) is 7.76. The number of methoxy groups -OCH3 is 1. The zero-order valence-corrected chi connectivity index (χ0v) is 21.6. The van der Waals surface area contributed by atoms with Crippen LogP contribution in [0, 0.1) is 23.2 Å². The van der Waals surface area contributed by atoms with E-state index in [1.165, 1.54) is 11.1 Å². The van der Waals surface area contributed by atoms with E-state index in [1.807, 2.05) is 6.07 Å². The standard InChI is InChI=1S/C30H39N3O2/c1-30(2,3)25-14-16-27(35-4)24(18-25)20-32-28-17-15-26(22-8-6-5-7-9-22)33(28)29(34)23-12-10-21(19-31)11-13-23/h5-9,14,16,18,21,23,26,28,32H,10-13,15,17,20H2,1-4H3. The number of rotatable bonds is 6. The minimum absolute atomic E-state index is 0.00645. The predicted octanol–water partition coefficient (Wildman–Crippen LogP) is 6.10. The third-order valence-corrected chi connectivity index (χ3v) is 7.76. The molecule has 1 saturated heterocycles. The lowest BCUT2D eigenvalue weighted by atomic mass is 9.82. The zero-order chi connectivity index (χ0) is 25.0. The molecule has 2 fully saturated rings. The van der Waals surface area contributed by atoms with Crippen LogP contribution in [0.5, 0.6) is 5.75 Å². The van der Waals surface area contributed by atoms with Gasteiger partial charge in [-0.3, -0.25) is 10.1 Å². The van der Waals surface area contributed by atoms with Gasteiger partial charge >= 0.3 is 0 Å². The number of amides is 1. The van der Waals surface area contributed by atoms with Crippen LogP contribution in [-0.2, 0) is 16.8 Å². The van der Waals surface area contributed by atoms with Crippen molar-refractivity contribution in [2.24, 2.45) is 11.8 Å². The molecule has 1 heterocycles. The summed E-state index contributed by atoms with van der Waals surface area (Å²) >= 11 is 0. The maximum absolute atomic E-state index is 13.9. The summed E-state index contributed by atoms with van der Waals surface area (Å²) in [4.78, 5) is 16.0. The number of ether oxygens (including phenoxy) is 1. The van der Waals surface area contributed by atoms with Crippen molar-refractivity contribution in [1.29, 1.82) is 5.26 Å². The lowest BCUT2D eigenvalue weighted by molar-refractivity contribution is -0.140. The van der Waals surface area contributed by atoms with Crippen molar-refractivity contribution in [3.63, 3.8) is 0 Å². The quantitative estimate of drug-likeness (QED) is 0.550. The number of likely N-dealkylation sites (tertiary alicyclic amines) is 1.